The summed E-state index contributed by atoms with van der Waals surface area (Å²) in [5, 5.41) is 0.580. The monoisotopic (exact) mass is 511 g/mol. The number of Topliss-reactive ketones (excluding diaryl/α,β-unsaturated/α-hetero) is 1. The van der Waals surface area contributed by atoms with E-state index in [4.69, 9.17) is 16.3 Å². The molecular formula is C31H26ClNO4. The van der Waals surface area contributed by atoms with Crippen LogP contribution in [0.15, 0.2) is 109 Å². The van der Waals surface area contributed by atoms with Gasteiger partial charge in [0.1, 0.15) is 6.04 Å². The highest BCUT2D eigenvalue weighted by Gasteiger charge is 2.51. The number of allylic oxidation sites excluding steroid dienone is 2. The molecule has 1 heterocycles. The van der Waals surface area contributed by atoms with E-state index in [1.165, 1.54) is 7.11 Å². The molecule has 3 aromatic rings. The van der Waals surface area contributed by atoms with Crippen molar-refractivity contribution in [1.29, 1.82) is 0 Å². The van der Waals surface area contributed by atoms with Gasteiger partial charge in [0.25, 0.3) is 5.91 Å². The smallest absolute Gasteiger partial charge is 0.329 e. The van der Waals surface area contributed by atoms with E-state index in [-0.39, 0.29) is 17.6 Å². The number of nitrogens with zero attached hydrogens (tertiary/aromatic N) is 1. The highest BCUT2D eigenvalue weighted by atomic mass is 35.5. The van der Waals surface area contributed by atoms with E-state index < -0.39 is 24.0 Å². The minimum atomic E-state index is -0.992. The zero-order valence-corrected chi connectivity index (χ0v) is 21.0. The number of benzene rings is 3. The number of carbonyl (C=O) groups excluding carboxylic acids is 3. The first-order chi connectivity index (χ1) is 18.0. The first kappa shape index (κ1) is 24.7. The SMILES string of the molecule is COC(=O)[C@H]1[C@H]2C[C@H](C=CC=C2C(=O)c2ccccc2)[C@@H](c2ccc(Cl)cc2)N1C(=O)c1ccccc1. The third-order valence-electron chi connectivity index (χ3n) is 7.15. The fourth-order valence-electron chi connectivity index (χ4n) is 5.48. The van der Waals surface area contributed by atoms with Gasteiger partial charge in [0.05, 0.1) is 13.2 Å². The Labute approximate surface area is 221 Å². The second kappa shape index (κ2) is 10.6. The van der Waals surface area contributed by atoms with Crippen molar-refractivity contribution in [2.24, 2.45) is 11.8 Å². The zero-order chi connectivity index (χ0) is 25.9. The van der Waals surface area contributed by atoms with Crippen LogP contribution in [0.1, 0.15) is 38.7 Å². The Hall–Kier alpha value is -3.96. The number of piperidine rings is 1. The molecule has 0 radical (unpaired) electrons. The van der Waals surface area contributed by atoms with Crippen molar-refractivity contribution in [1.82, 2.24) is 4.90 Å². The van der Waals surface area contributed by atoms with Crippen LogP contribution in [0.4, 0.5) is 0 Å². The lowest BCUT2D eigenvalue weighted by Gasteiger charge is -2.48. The van der Waals surface area contributed by atoms with Crippen molar-refractivity contribution in [2.75, 3.05) is 7.11 Å². The van der Waals surface area contributed by atoms with Crippen LogP contribution < -0.4 is 0 Å². The van der Waals surface area contributed by atoms with E-state index in [2.05, 4.69) is 0 Å². The van der Waals surface area contributed by atoms with Gasteiger partial charge in [-0.2, -0.15) is 0 Å². The molecule has 4 atom stereocenters. The number of fused-ring (bicyclic) bond motifs is 2. The molecule has 37 heavy (non-hydrogen) atoms. The molecular weight excluding hydrogens is 486 g/mol. The lowest BCUT2D eigenvalue weighted by atomic mass is 9.72. The molecule has 0 saturated carbocycles. The van der Waals surface area contributed by atoms with E-state index in [1.54, 1.807) is 59.5 Å². The van der Waals surface area contributed by atoms with Crippen molar-refractivity contribution in [2.45, 2.75) is 18.5 Å². The van der Waals surface area contributed by atoms with Crippen molar-refractivity contribution >= 4 is 29.3 Å². The van der Waals surface area contributed by atoms with Crippen LogP contribution in [0, 0.1) is 11.8 Å². The number of ether oxygens (including phenoxy) is 1. The molecule has 0 spiro atoms. The molecule has 3 aromatic carbocycles. The highest BCUT2D eigenvalue weighted by Crippen LogP contribution is 2.47. The molecule has 5 rings (SSSR count). The molecule has 1 aliphatic heterocycles. The van der Waals surface area contributed by atoms with E-state index in [0.717, 1.165) is 5.56 Å². The van der Waals surface area contributed by atoms with Gasteiger partial charge in [-0.15, -0.1) is 0 Å². The van der Waals surface area contributed by atoms with Crippen molar-refractivity contribution < 1.29 is 19.1 Å². The average Bonchev–Trinajstić information content (AvgIpc) is 3.13. The Balaban J connectivity index is 1.67. The van der Waals surface area contributed by atoms with Crippen LogP contribution in [0.3, 0.4) is 0 Å². The first-order valence-corrected chi connectivity index (χ1v) is 12.6. The number of carbonyl (C=O) groups is 3. The number of hydrogen-bond donors (Lipinski definition) is 0. The van der Waals surface area contributed by atoms with Gasteiger partial charge in [-0.1, -0.05) is 90.5 Å². The van der Waals surface area contributed by atoms with Gasteiger partial charge in [0, 0.05) is 33.6 Å². The number of amides is 1. The standard InChI is InChI=1S/C31H26ClNO4/c1-37-31(36)28-26-19-23(13-8-14-25(26)29(34)21-9-4-2-5-10-21)27(20-15-17-24(32)18-16-20)33(28)30(35)22-11-6-3-7-12-22/h2-18,23,26-28H,19H2,1H3/t23-,26-,27+,28+/m0/s1. The van der Waals surface area contributed by atoms with Gasteiger partial charge in [-0.3, -0.25) is 9.59 Å². The molecule has 0 unspecified atom stereocenters. The highest BCUT2D eigenvalue weighted by molar-refractivity contribution is 6.30. The summed E-state index contributed by atoms with van der Waals surface area (Å²) in [6, 6.07) is 23.7. The van der Waals surface area contributed by atoms with E-state index in [1.807, 2.05) is 48.6 Å². The molecule has 2 aliphatic rings. The molecule has 0 aromatic heterocycles. The summed E-state index contributed by atoms with van der Waals surface area (Å²) in [5.41, 5.74) is 2.33. The van der Waals surface area contributed by atoms with Crippen molar-refractivity contribution in [3.8, 4) is 0 Å². The third-order valence-corrected chi connectivity index (χ3v) is 7.41. The summed E-state index contributed by atoms with van der Waals surface area (Å²) < 4.78 is 5.26. The summed E-state index contributed by atoms with van der Waals surface area (Å²) in [6.07, 6.45) is 6.18. The molecule has 186 valence electrons. The third kappa shape index (κ3) is 4.75. The maximum atomic E-state index is 14.1. The Morgan fingerprint density at radius 2 is 1.49 bits per heavy atom. The maximum Gasteiger partial charge on any atom is 0.329 e. The van der Waals surface area contributed by atoms with Crippen LogP contribution in [-0.4, -0.2) is 35.7 Å². The Morgan fingerprint density at radius 1 is 0.865 bits per heavy atom. The van der Waals surface area contributed by atoms with Crippen LogP contribution in [-0.2, 0) is 9.53 Å². The molecule has 1 aliphatic carbocycles. The van der Waals surface area contributed by atoms with E-state index in [0.29, 0.717) is 28.1 Å². The molecule has 1 amide bonds. The quantitative estimate of drug-likeness (QED) is 0.307. The summed E-state index contributed by atoms with van der Waals surface area (Å²) in [5.74, 6) is -1.71. The molecule has 6 heteroatoms. The number of ketones is 1. The second-order valence-electron chi connectivity index (χ2n) is 9.25. The van der Waals surface area contributed by atoms with Crippen LogP contribution in [0.25, 0.3) is 0 Å². The second-order valence-corrected chi connectivity index (χ2v) is 9.69. The predicted molar refractivity (Wildman–Crippen MR) is 142 cm³/mol. The summed E-state index contributed by atoms with van der Waals surface area (Å²) in [7, 11) is 1.31. The van der Waals surface area contributed by atoms with Gasteiger partial charge in [-0.05, 0) is 36.2 Å². The summed E-state index contributed by atoms with van der Waals surface area (Å²) >= 11 is 6.18. The van der Waals surface area contributed by atoms with Gasteiger partial charge in [0.15, 0.2) is 5.78 Å². The van der Waals surface area contributed by atoms with Gasteiger partial charge >= 0.3 is 5.97 Å². The maximum absolute atomic E-state index is 14.1. The normalized spacial score (nSPS) is 22.5. The minimum absolute atomic E-state index is 0.142. The molecule has 1 saturated heterocycles. The Morgan fingerprint density at radius 3 is 2.11 bits per heavy atom. The Kier molecular flexibility index (Phi) is 7.06. The van der Waals surface area contributed by atoms with Crippen molar-refractivity contribution in [3.05, 3.63) is 130 Å². The number of hydrogen-bond acceptors (Lipinski definition) is 4. The largest absolute Gasteiger partial charge is 0.467 e. The summed E-state index contributed by atoms with van der Waals surface area (Å²) in [6.45, 7) is 0. The molecule has 5 nitrogen and oxygen atoms in total. The number of methoxy groups -OCH3 is 1. The lowest BCUT2D eigenvalue weighted by molar-refractivity contribution is -0.151. The van der Waals surface area contributed by atoms with Gasteiger partial charge in [0.2, 0.25) is 0 Å². The van der Waals surface area contributed by atoms with Gasteiger partial charge in [-0.25, -0.2) is 4.79 Å². The molecule has 1 fully saturated rings. The van der Waals surface area contributed by atoms with Crippen LogP contribution in [0.2, 0.25) is 5.02 Å². The van der Waals surface area contributed by atoms with E-state index >= 15 is 0 Å². The van der Waals surface area contributed by atoms with Crippen LogP contribution in [0.5, 0.6) is 0 Å². The van der Waals surface area contributed by atoms with Crippen molar-refractivity contribution in [3.63, 3.8) is 0 Å². The minimum Gasteiger partial charge on any atom is -0.467 e. The first-order valence-electron chi connectivity index (χ1n) is 12.2. The predicted octanol–water partition coefficient (Wildman–Crippen LogP) is 6.08. The van der Waals surface area contributed by atoms with E-state index in [9.17, 15) is 14.4 Å². The average molecular weight is 512 g/mol. The fourth-order valence-corrected chi connectivity index (χ4v) is 5.61. The molecule has 2 bridgehead atoms. The number of likely N-dealkylation sites (tertiary alicyclic amines) is 1. The zero-order valence-electron chi connectivity index (χ0n) is 20.3. The Bertz CT molecular complexity index is 1370. The fraction of sp³-hybridized carbons (Fsp3) is 0.194. The summed E-state index contributed by atoms with van der Waals surface area (Å²) in [4.78, 5) is 42.9. The molecule has 0 N–H and O–H groups in total. The lowest BCUT2D eigenvalue weighted by Crippen LogP contribution is -2.57. The number of halogens is 1. The number of esters is 1. The van der Waals surface area contributed by atoms with Crippen LogP contribution >= 0.6 is 11.6 Å². The topological polar surface area (TPSA) is 63.7 Å². The number of rotatable bonds is 5. The van der Waals surface area contributed by atoms with Gasteiger partial charge < -0.3 is 9.64 Å².